The maximum atomic E-state index is 5.99. The van der Waals surface area contributed by atoms with Gasteiger partial charge in [-0.25, -0.2) is 0 Å². The summed E-state index contributed by atoms with van der Waals surface area (Å²) in [7, 11) is 1.72. The van der Waals surface area contributed by atoms with Crippen LogP contribution in [0.2, 0.25) is 0 Å². The van der Waals surface area contributed by atoms with Gasteiger partial charge in [0.15, 0.2) is 0 Å². The van der Waals surface area contributed by atoms with Crippen LogP contribution in [0.4, 0.5) is 0 Å². The predicted molar refractivity (Wildman–Crippen MR) is 86.0 cm³/mol. The third kappa shape index (κ3) is 4.59. The molecule has 0 aromatic heterocycles. The molecule has 2 rings (SSSR count). The van der Waals surface area contributed by atoms with Gasteiger partial charge in [-0.1, -0.05) is 29.8 Å². The van der Waals surface area contributed by atoms with Crippen molar-refractivity contribution in [2.24, 2.45) is 5.73 Å². The lowest BCUT2D eigenvalue weighted by molar-refractivity contribution is 0.202. The van der Waals surface area contributed by atoms with Gasteiger partial charge in [0.1, 0.15) is 11.5 Å². The molecule has 0 atom stereocenters. The van der Waals surface area contributed by atoms with Gasteiger partial charge in [-0.05, 0) is 55.6 Å². The number of hydrogen-bond donors (Lipinski definition) is 1. The second-order valence-corrected chi connectivity index (χ2v) is 5.14. The Balaban J connectivity index is 2.10. The first kappa shape index (κ1) is 15.5. The summed E-state index contributed by atoms with van der Waals surface area (Å²) in [5, 5.41) is 0. The van der Waals surface area contributed by atoms with E-state index in [0.29, 0.717) is 6.54 Å². The van der Waals surface area contributed by atoms with Crippen LogP contribution in [0.15, 0.2) is 42.5 Å². The van der Waals surface area contributed by atoms with E-state index < -0.39 is 0 Å². The monoisotopic (exact) mass is 285 g/mol. The second kappa shape index (κ2) is 7.81. The summed E-state index contributed by atoms with van der Waals surface area (Å²) < 4.78 is 11.1. The number of nitrogens with two attached hydrogens (primary N) is 1. The van der Waals surface area contributed by atoms with Crippen molar-refractivity contribution >= 4 is 0 Å². The first-order valence-electron chi connectivity index (χ1n) is 7.28. The highest BCUT2D eigenvalue weighted by atomic mass is 16.5. The highest BCUT2D eigenvalue weighted by molar-refractivity contribution is 5.41. The van der Waals surface area contributed by atoms with Crippen molar-refractivity contribution in [1.29, 1.82) is 0 Å². The van der Waals surface area contributed by atoms with Gasteiger partial charge in [-0.2, -0.15) is 0 Å². The number of rotatable bonds is 7. The SMILES string of the molecule is COCCc1ccc(Oc2ccc(C)cc2CCN)cc1. The van der Waals surface area contributed by atoms with Crippen LogP contribution in [0.25, 0.3) is 0 Å². The topological polar surface area (TPSA) is 44.5 Å². The molecule has 2 aromatic carbocycles. The Morgan fingerprint density at radius 3 is 2.43 bits per heavy atom. The van der Waals surface area contributed by atoms with Crippen molar-refractivity contribution in [2.45, 2.75) is 19.8 Å². The molecule has 0 saturated heterocycles. The van der Waals surface area contributed by atoms with Gasteiger partial charge in [-0.15, -0.1) is 0 Å². The molecule has 2 N–H and O–H groups in total. The minimum Gasteiger partial charge on any atom is -0.457 e. The molecule has 0 unspecified atom stereocenters. The van der Waals surface area contributed by atoms with Crippen LogP contribution in [0.3, 0.4) is 0 Å². The molecule has 0 bridgehead atoms. The Morgan fingerprint density at radius 1 is 1.00 bits per heavy atom. The zero-order valence-electron chi connectivity index (χ0n) is 12.8. The van der Waals surface area contributed by atoms with Crippen molar-refractivity contribution in [3.8, 4) is 11.5 Å². The highest BCUT2D eigenvalue weighted by Gasteiger charge is 2.05. The number of hydrogen-bond acceptors (Lipinski definition) is 3. The summed E-state index contributed by atoms with van der Waals surface area (Å²) >= 11 is 0. The van der Waals surface area contributed by atoms with Gasteiger partial charge in [0.25, 0.3) is 0 Å². The largest absolute Gasteiger partial charge is 0.457 e. The molecule has 21 heavy (non-hydrogen) atoms. The van der Waals surface area contributed by atoms with E-state index in [-0.39, 0.29) is 0 Å². The van der Waals surface area contributed by atoms with Crippen LogP contribution in [-0.4, -0.2) is 20.3 Å². The summed E-state index contributed by atoms with van der Waals surface area (Å²) in [6, 6.07) is 14.3. The van der Waals surface area contributed by atoms with Gasteiger partial charge in [0, 0.05) is 7.11 Å². The second-order valence-electron chi connectivity index (χ2n) is 5.14. The molecule has 2 aromatic rings. The maximum Gasteiger partial charge on any atom is 0.130 e. The fraction of sp³-hybridized carbons (Fsp3) is 0.333. The van der Waals surface area contributed by atoms with Crippen molar-refractivity contribution in [3.05, 3.63) is 59.2 Å². The van der Waals surface area contributed by atoms with Crippen molar-refractivity contribution in [2.75, 3.05) is 20.3 Å². The minimum atomic E-state index is 0.621. The average Bonchev–Trinajstić information content (AvgIpc) is 2.49. The summed E-state index contributed by atoms with van der Waals surface area (Å²) in [6.07, 6.45) is 1.74. The molecule has 0 saturated carbocycles. The number of benzene rings is 2. The van der Waals surface area contributed by atoms with Crippen molar-refractivity contribution < 1.29 is 9.47 Å². The zero-order chi connectivity index (χ0) is 15.1. The lowest BCUT2D eigenvalue weighted by atomic mass is 10.1. The van der Waals surface area contributed by atoms with Crippen molar-refractivity contribution in [1.82, 2.24) is 0 Å². The quantitative estimate of drug-likeness (QED) is 0.847. The normalized spacial score (nSPS) is 10.6. The number of methoxy groups -OCH3 is 1. The first-order chi connectivity index (χ1) is 10.2. The van der Waals surface area contributed by atoms with Crippen LogP contribution in [0, 0.1) is 6.92 Å². The molecular weight excluding hydrogens is 262 g/mol. The van der Waals surface area contributed by atoms with Crippen molar-refractivity contribution in [3.63, 3.8) is 0 Å². The minimum absolute atomic E-state index is 0.621. The molecule has 0 aliphatic heterocycles. The first-order valence-corrected chi connectivity index (χ1v) is 7.28. The molecule has 0 amide bonds. The molecule has 0 radical (unpaired) electrons. The average molecular weight is 285 g/mol. The third-order valence-electron chi connectivity index (χ3n) is 3.38. The highest BCUT2D eigenvalue weighted by Crippen LogP contribution is 2.27. The van der Waals surface area contributed by atoms with Crippen LogP contribution in [-0.2, 0) is 17.6 Å². The molecule has 112 valence electrons. The summed E-state index contributed by atoms with van der Waals surface area (Å²) in [6.45, 7) is 3.43. The summed E-state index contributed by atoms with van der Waals surface area (Å²) in [5.41, 5.74) is 9.29. The predicted octanol–water partition coefficient (Wildman–Crippen LogP) is 3.48. The van der Waals surface area contributed by atoms with Gasteiger partial charge < -0.3 is 15.2 Å². The molecule has 3 nitrogen and oxygen atoms in total. The molecule has 0 heterocycles. The lowest BCUT2D eigenvalue weighted by Gasteiger charge is -2.12. The lowest BCUT2D eigenvalue weighted by Crippen LogP contribution is -2.04. The van der Waals surface area contributed by atoms with Gasteiger partial charge >= 0.3 is 0 Å². The summed E-state index contributed by atoms with van der Waals surface area (Å²) in [4.78, 5) is 0. The Kier molecular flexibility index (Phi) is 5.78. The fourth-order valence-electron chi connectivity index (χ4n) is 2.23. The molecule has 0 aliphatic rings. The standard InChI is InChI=1S/C18H23NO2/c1-14-3-8-18(16(13-14)9-11-19)21-17-6-4-15(5-7-17)10-12-20-2/h3-8,13H,9-12,19H2,1-2H3. The molecule has 0 fully saturated rings. The Hall–Kier alpha value is -1.84. The van der Waals surface area contributed by atoms with Gasteiger partial charge in [0.2, 0.25) is 0 Å². The Labute approximate surface area is 126 Å². The zero-order valence-corrected chi connectivity index (χ0v) is 12.8. The van der Waals surface area contributed by atoms with E-state index in [1.165, 1.54) is 11.1 Å². The fourth-order valence-corrected chi connectivity index (χ4v) is 2.23. The Morgan fingerprint density at radius 2 is 1.76 bits per heavy atom. The van der Waals surface area contributed by atoms with E-state index in [9.17, 15) is 0 Å². The van der Waals surface area contributed by atoms with E-state index in [2.05, 4.69) is 31.2 Å². The van der Waals surface area contributed by atoms with Crippen LogP contribution < -0.4 is 10.5 Å². The van der Waals surface area contributed by atoms with E-state index in [1.807, 2.05) is 18.2 Å². The Bertz CT molecular complexity index is 564. The van der Waals surface area contributed by atoms with E-state index >= 15 is 0 Å². The molecule has 3 heteroatoms. The number of ether oxygens (including phenoxy) is 2. The van der Waals surface area contributed by atoms with Crippen LogP contribution >= 0.6 is 0 Å². The van der Waals surface area contributed by atoms with Gasteiger partial charge in [0.05, 0.1) is 6.61 Å². The smallest absolute Gasteiger partial charge is 0.130 e. The molecular formula is C18H23NO2. The van der Waals surface area contributed by atoms with Gasteiger partial charge in [-0.3, -0.25) is 0 Å². The third-order valence-corrected chi connectivity index (χ3v) is 3.38. The molecule has 0 aliphatic carbocycles. The summed E-state index contributed by atoms with van der Waals surface area (Å²) in [5.74, 6) is 1.73. The van der Waals surface area contributed by atoms with Crippen LogP contribution in [0.1, 0.15) is 16.7 Å². The van der Waals surface area contributed by atoms with E-state index in [0.717, 1.165) is 36.5 Å². The van der Waals surface area contributed by atoms with E-state index in [4.69, 9.17) is 15.2 Å². The number of aryl methyl sites for hydroxylation is 1. The maximum absolute atomic E-state index is 5.99. The van der Waals surface area contributed by atoms with Crippen LogP contribution in [0.5, 0.6) is 11.5 Å². The van der Waals surface area contributed by atoms with E-state index in [1.54, 1.807) is 7.11 Å². The molecule has 0 spiro atoms.